The first kappa shape index (κ1) is 21.6. The maximum atomic E-state index is 13.8. The van der Waals surface area contributed by atoms with E-state index in [2.05, 4.69) is 10.6 Å². The van der Waals surface area contributed by atoms with Gasteiger partial charge in [-0.15, -0.1) is 0 Å². The number of carbonyl (C=O) groups excluding carboxylic acids is 1. The number of anilines is 2. The summed E-state index contributed by atoms with van der Waals surface area (Å²) in [7, 11) is 1.60. The second kappa shape index (κ2) is 8.24. The lowest BCUT2D eigenvalue weighted by molar-refractivity contribution is -0.130. The summed E-state index contributed by atoms with van der Waals surface area (Å²) in [5.41, 5.74) is 1.12. The third kappa shape index (κ3) is 3.57. The van der Waals surface area contributed by atoms with Gasteiger partial charge >= 0.3 is 0 Å². The highest BCUT2D eigenvalue weighted by molar-refractivity contribution is 7.80. The Morgan fingerprint density at radius 1 is 1.12 bits per heavy atom. The average molecular weight is 480 g/mol. The van der Waals surface area contributed by atoms with Crippen molar-refractivity contribution in [1.82, 2.24) is 5.32 Å². The van der Waals surface area contributed by atoms with Crippen LogP contribution in [0.25, 0.3) is 0 Å². The molecule has 0 unspecified atom stereocenters. The Hall–Kier alpha value is -3.29. The van der Waals surface area contributed by atoms with Gasteiger partial charge in [0.25, 0.3) is 0 Å². The average Bonchev–Trinajstić information content (AvgIpc) is 2.80. The van der Waals surface area contributed by atoms with Crippen molar-refractivity contribution in [3.05, 3.63) is 83.4 Å². The van der Waals surface area contributed by atoms with Gasteiger partial charge in [0, 0.05) is 16.3 Å². The van der Waals surface area contributed by atoms with E-state index in [-0.39, 0.29) is 11.9 Å². The molecule has 2 aliphatic rings. The number of rotatable bonds is 4. The van der Waals surface area contributed by atoms with Crippen LogP contribution in [0.4, 0.5) is 11.4 Å². The van der Waals surface area contributed by atoms with E-state index >= 15 is 0 Å². The van der Waals surface area contributed by atoms with Crippen LogP contribution >= 0.6 is 23.8 Å². The van der Waals surface area contributed by atoms with Crippen molar-refractivity contribution in [2.75, 3.05) is 17.3 Å². The third-order valence-electron chi connectivity index (χ3n) is 6.13. The number of amides is 1. The third-order valence-corrected chi connectivity index (χ3v) is 6.68. The lowest BCUT2D eigenvalue weighted by Crippen LogP contribution is -2.72. The number of ether oxygens (including phenoxy) is 2. The molecule has 3 atom stereocenters. The molecule has 1 fully saturated rings. The smallest absolute Gasteiger partial charge is 0.236 e. The molecule has 5 rings (SSSR count). The molecule has 2 bridgehead atoms. The number of carbonyl (C=O) groups is 1. The molecule has 6 nitrogen and oxygen atoms in total. The Kier molecular flexibility index (Phi) is 5.38. The Bertz CT molecular complexity index is 1240. The van der Waals surface area contributed by atoms with Crippen molar-refractivity contribution in [2.24, 2.45) is 5.92 Å². The molecule has 0 aliphatic carbocycles. The first-order valence-electron chi connectivity index (χ1n) is 10.5. The zero-order chi connectivity index (χ0) is 23.2. The molecule has 0 aromatic heterocycles. The number of para-hydroxylation sites is 3. The molecule has 3 aromatic rings. The Labute approximate surface area is 202 Å². The van der Waals surface area contributed by atoms with Crippen LogP contribution in [0.2, 0.25) is 5.02 Å². The van der Waals surface area contributed by atoms with Crippen molar-refractivity contribution >= 4 is 46.2 Å². The summed E-state index contributed by atoms with van der Waals surface area (Å²) < 4.78 is 12.2. The minimum atomic E-state index is -1.12. The van der Waals surface area contributed by atoms with E-state index in [0.717, 1.165) is 5.56 Å². The SMILES string of the molecule is COc1ccccc1N1C(=S)N[C@H]2c3ccccc3O[C@@]1(C)[C@H]2C(=O)Nc1ccc(Cl)cc1. The summed E-state index contributed by atoms with van der Waals surface area (Å²) in [6.07, 6.45) is 0. The number of halogens is 1. The molecule has 2 aliphatic heterocycles. The number of nitrogens with one attached hydrogen (secondary N) is 2. The first-order chi connectivity index (χ1) is 15.9. The monoisotopic (exact) mass is 479 g/mol. The van der Waals surface area contributed by atoms with Crippen LogP contribution in [-0.4, -0.2) is 23.9 Å². The summed E-state index contributed by atoms with van der Waals surface area (Å²) in [5.74, 6) is 0.491. The van der Waals surface area contributed by atoms with Crippen LogP contribution < -0.4 is 25.0 Å². The molecule has 1 saturated heterocycles. The largest absolute Gasteiger partial charge is 0.495 e. The van der Waals surface area contributed by atoms with Crippen LogP contribution in [0.15, 0.2) is 72.8 Å². The molecule has 2 N–H and O–H groups in total. The van der Waals surface area contributed by atoms with Crippen molar-refractivity contribution in [1.29, 1.82) is 0 Å². The van der Waals surface area contributed by atoms with E-state index in [9.17, 15) is 4.79 Å². The van der Waals surface area contributed by atoms with Gasteiger partial charge in [-0.05, 0) is 61.6 Å². The van der Waals surface area contributed by atoms with Gasteiger partial charge < -0.3 is 20.1 Å². The maximum absolute atomic E-state index is 13.8. The molecule has 3 aromatic carbocycles. The summed E-state index contributed by atoms with van der Waals surface area (Å²) in [6.45, 7) is 1.89. The molecule has 0 radical (unpaired) electrons. The van der Waals surface area contributed by atoms with E-state index in [4.69, 9.17) is 33.3 Å². The summed E-state index contributed by atoms with van der Waals surface area (Å²) in [4.78, 5) is 15.6. The number of nitrogens with zero attached hydrogens (tertiary/aromatic N) is 1. The van der Waals surface area contributed by atoms with Gasteiger partial charge in [-0.2, -0.15) is 0 Å². The standard InChI is InChI=1S/C25H22ClN3O3S/c1-25-21(23(30)27-16-13-11-15(26)12-14-16)22(17-7-3-5-9-19(17)32-25)28-24(33)29(25)18-8-4-6-10-20(18)31-2/h3-14,21-22H,1-2H3,(H,27,30)(H,28,33)/t21-,22+,25+/m1/s1. The molecular weight excluding hydrogens is 458 g/mol. The highest BCUT2D eigenvalue weighted by atomic mass is 35.5. The number of hydrogen-bond acceptors (Lipinski definition) is 4. The summed E-state index contributed by atoms with van der Waals surface area (Å²) in [6, 6.07) is 21.9. The van der Waals surface area contributed by atoms with E-state index < -0.39 is 11.6 Å². The Morgan fingerprint density at radius 2 is 1.82 bits per heavy atom. The van der Waals surface area contributed by atoms with Gasteiger partial charge in [0.05, 0.1) is 18.8 Å². The number of benzene rings is 3. The fourth-order valence-corrected chi connectivity index (χ4v) is 5.19. The van der Waals surface area contributed by atoms with Gasteiger partial charge in [-0.3, -0.25) is 9.69 Å². The Balaban J connectivity index is 1.63. The van der Waals surface area contributed by atoms with Crippen LogP contribution in [0.5, 0.6) is 11.5 Å². The second-order valence-corrected chi connectivity index (χ2v) is 8.93. The van der Waals surface area contributed by atoms with Gasteiger partial charge in [0.1, 0.15) is 17.4 Å². The molecule has 1 amide bonds. The summed E-state index contributed by atoms with van der Waals surface area (Å²) >= 11 is 11.8. The normalized spacial score (nSPS) is 23.1. The molecule has 33 heavy (non-hydrogen) atoms. The highest BCUT2D eigenvalue weighted by Crippen LogP contribution is 2.50. The van der Waals surface area contributed by atoms with E-state index in [1.807, 2.05) is 60.4 Å². The van der Waals surface area contributed by atoms with Gasteiger partial charge in [-0.25, -0.2) is 0 Å². The fourth-order valence-electron chi connectivity index (χ4n) is 4.66. The van der Waals surface area contributed by atoms with Crippen molar-refractivity contribution in [3.63, 3.8) is 0 Å². The number of hydrogen-bond donors (Lipinski definition) is 2. The fraction of sp³-hybridized carbons (Fsp3) is 0.200. The predicted octanol–water partition coefficient (Wildman–Crippen LogP) is 5.15. The second-order valence-electron chi connectivity index (χ2n) is 8.10. The lowest BCUT2D eigenvalue weighted by atomic mass is 9.78. The number of thiocarbonyl (C=S) groups is 1. The number of methoxy groups -OCH3 is 1. The van der Waals surface area contributed by atoms with E-state index in [0.29, 0.717) is 33.0 Å². The van der Waals surface area contributed by atoms with Crippen LogP contribution in [0.1, 0.15) is 18.5 Å². The Morgan fingerprint density at radius 3 is 2.58 bits per heavy atom. The molecule has 168 valence electrons. The van der Waals surface area contributed by atoms with Crippen LogP contribution in [0, 0.1) is 5.92 Å². The molecule has 8 heteroatoms. The zero-order valence-electron chi connectivity index (χ0n) is 18.0. The minimum absolute atomic E-state index is 0.200. The zero-order valence-corrected chi connectivity index (χ0v) is 19.6. The highest BCUT2D eigenvalue weighted by Gasteiger charge is 2.59. The van der Waals surface area contributed by atoms with Gasteiger partial charge in [0.2, 0.25) is 5.91 Å². The van der Waals surface area contributed by atoms with E-state index in [1.165, 1.54) is 0 Å². The topological polar surface area (TPSA) is 62.8 Å². The minimum Gasteiger partial charge on any atom is -0.495 e. The van der Waals surface area contributed by atoms with Gasteiger partial charge in [0.15, 0.2) is 10.8 Å². The van der Waals surface area contributed by atoms with Crippen LogP contribution in [0.3, 0.4) is 0 Å². The predicted molar refractivity (Wildman–Crippen MR) is 133 cm³/mol. The summed E-state index contributed by atoms with van der Waals surface area (Å²) in [5, 5.41) is 7.47. The van der Waals surface area contributed by atoms with Crippen molar-refractivity contribution in [2.45, 2.75) is 18.7 Å². The number of fused-ring (bicyclic) bond motifs is 4. The first-order valence-corrected chi connectivity index (χ1v) is 11.3. The van der Waals surface area contributed by atoms with E-state index in [1.54, 1.807) is 31.4 Å². The quantitative estimate of drug-likeness (QED) is 0.505. The molecule has 2 heterocycles. The van der Waals surface area contributed by atoms with Crippen LogP contribution in [-0.2, 0) is 4.79 Å². The molecular formula is C25H22ClN3O3S. The molecule has 0 saturated carbocycles. The molecule has 0 spiro atoms. The van der Waals surface area contributed by atoms with Crippen molar-refractivity contribution < 1.29 is 14.3 Å². The van der Waals surface area contributed by atoms with Gasteiger partial charge in [-0.1, -0.05) is 41.9 Å². The lowest BCUT2D eigenvalue weighted by Gasteiger charge is -2.56. The van der Waals surface area contributed by atoms with Crippen molar-refractivity contribution in [3.8, 4) is 11.5 Å². The maximum Gasteiger partial charge on any atom is 0.236 e.